The predicted octanol–water partition coefficient (Wildman–Crippen LogP) is 3.01. The molecule has 0 saturated carbocycles. The smallest absolute Gasteiger partial charge is 0.343 e. The number of hydrogen-bond donors (Lipinski definition) is 3. The quantitative estimate of drug-likeness (QED) is 0.671. The summed E-state index contributed by atoms with van der Waals surface area (Å²) in [6, 6.07) is 3.51. The topological polar surface area (TPSA) is 105 Å². The van der Waals surface area contributed by atoms with Crippen molar-refractivity contribution < 1.29 is 28.7 Å². The molecule has 0 fully saturated rings. The Bertz CT molecular complexity index is 745. The van der Waals surface area contributed by atoms with Crippen molar-refractivity contribution in [3.63, 3.8) is 0 Å². The number of rotatable bonds is 8. The SMILES string of the molecule is COc1cc(-c2onc(N[C@@H](CO)CC(C)C)c2C(=O)O)ccc1F. The number of carbonyl (C=O) groups is 1. The molecular weight excluding hydrogens is 331 g/mol. The first-order chi connectivity index (χ1) is 11.9. The van der Waals surface area contributed by atoms with Crippen molar-refractivity contribution in [3.8, 4) is 17.1 Å². The van der Waals surface area contributed by atoms with E-state index in [1.54, 1.807) is 0 Å². The number of aromatic carboxylic acids is 1. The lowest BCUT2D eigenvalue weighted by Crippen LogP contribution is -2.26. The molecule has 0 amide bonds. The number of halogens is 1. The lowest BCUT2D eigenvalue weighted by atomic mass is 10.0. The fourth-order valence-corrected chi connectivity index (χ4v) is 2.53. The third-order valence-electron chi connectivity index (χ3n) is 3.64. The zero-order chi connectivity index (χ0) is 18.6. The first-order valence-corrected chi connectivity index (χ1v) is 7.81. The first kappa shape index (κ1) is 18.7. The van der Waals surface area contributed by atoms with E-state index in [4.69, 9.17) is 9.26 Å². The van der Waals surface area contributed by atoms with E-state index in [-0.39, 0.29) is 35.5 Å². The number of carboxylic acid groups (broad SMARTS) is 1. The molecule has 1 aromatic carbocycles. The molecule has 1 atom stereocenters. The third-order valence-corrected chi connectivity index (χ3v) is 3.64. The van der Waals surface area contributed by atoms with Crippen molar-refractivity contribution in [1.82, 2.24) is 5.16 Å². The van der Waals surface area contributed by atoms with Gasteiger partial charge in [0.05, 0.1) is 19.8 Å². The minimum atomic E-state index is -1.25. The second-order valence-electron chi connectivity index (χ2n) is 6.04. The van der Waals surface area contributed by atoms with E-state index < -0.39 is 11.8 Å². The van der Waals surface area contributed by atoms with Crippen molar-refractivity contribution in [3.05, 3.63) is 29.6 Å². The zero-order valence-corrected chi connectivity index (χ0v) is 14.2. The summed E-state index contributed by atoms with van der Waals surface area (Å²) in [5.74, 6) is -1.56. The van der Waals surface area contributed by atoms with Crippen LogP contribution < -0.4 is 10.1 Å². The van der Waals surface area contributed by atoms with Gasteiger partial charge in [0.15, 0.2) is 28.7 Å². The van der Waals surface area contributed by atoms with Gasteiger partial charge in [-0.05, 0) is 30.5 Å². The summed E-state index contributed by atoms with van der Waals surface area (Å²) < 4.78 is 23.6. The van der Waals surface area contributed by atoms with Gasteiger partial charge in [0.2, 0.25) is 0 Å². The Morgan fingerprint density at radius 2 is 2.16 bits per heavy atom. The highest BCUT2D eigenvalue weighted by molar-refractivity contribution is 5.99. The number of ether oxygens (including phenoxy) is 1. The number of methoxy groups -OCH3 is 1. The van der Waals surface area contributed by atoms with Gasteiger partial charge >= 0.3 is 5.97 Å². The van der Waals surface area contributed by atoms with Crippen LogP contribution in [0.25, 0.3) is 11.3 Å². The van der Waals surface area contributed by atoms with Crippen LogP contribution in [0.15, 0.2) is 22.7 Å². The second-order valence-corrected chi connectivity index (χ2v) is 6.04. The number of nitrogens with zero attached hydrogens (tertiary/aromatic N) is 1. The Kier molecular flexibility index (Phi) is 5.97. The zero-order valence-electron chi connectivity index (χ0n) is 14.2. The average molecular weight is 352 g/mol. The van der Waals surface area contributed by atoms with Crippen LogP contribution in [0.2, 0.25) is 0 Å². The minimum absolute atomic E-state index is 0.0189. The summed E-state index contributed by atoms with van der Waals surface area (Å²) in [4.78, 5) is 11.7. The molecule has 8 heteroatoms. The van der Waals surface area contributed by atoms with Gasteiger partial charge in [-0.25, -0.2) is 9.18 Å². The Morgan fingerprint density at radius 3 is 2.72 bits per heavy atom. The van der Waals surface area contributed by atoms with E-state index in [1.807, 2.05) is 13.8 Å². The second kappa shape index (κ2) is 7.98. The molecule has 0 unspecified atom stereocenters. The molecule has 2 rings (SSSR count). The maximum Gasteiger partial charge on any atom is 0.343 e. The Labute approximate surface area is 144 Å². The number of carboxylic acids is 1. The van der Waals surface area contributed by atoms with E-state index in [0.717, 1.165) is 6.07 Å². The molecule has 2 aromatic rings. The van der Waals surface area contributed by atoms with Gasteiger partial charge in [-0.3, -0.25) is 0 Å². The van der Waals surface area contributed by atoms with E-state index in [9.17, 15) is 19.4 Å². The molecule has 0 spiro atoms. The highest BCUT2D eigenvalue weighted by atomic mass is 19.1. The maximum atomic E-state index is 13.6. The molecular formula is C17H21FN2O5. The van der Waals surface area contributed by atoms with Gasteiger partial charge in [0, 0.05) is 5.56 Å². The minimum Gasteiger partial charge on any atom is -0.494 e. The molecule has 0 saturated heterocycles. The van der Waals surface area contributed by atoms with Crippen molar-refractivity contribution in [1.29, 1.82) is 0 Å². The van der Waals surface area contributed by atoms with Gasteiger partial charge in [-0.2, -0.15) is 0 Å². The number of nitrogens with one attached hydrogen (secondary N) is 1. The number of benzene rings is 1. The maximum absolute atomic E-state index is 13.6. The van der Waals surface area contributed by atoms with Gasteiger partial charge < -0.3 is 24.8 Å². The molecule has 1 aromatic heterocycles. The van der Waals surface area contributed by atoms with Crippen molar-refractivity contribution in [2.45, 2.75) is 26.3 Å². The molecule has 1 heterocycles. The van der Waals surface area contributed by atoms with Crippen molar-refractivity contribution in [2.24, 2.45) is 5.92 Å². The monoisotopic (exact) mass is 352 g/mol. The Hall–Kier alpha value is -2.61. The van der Waals surface area contributed by atoms with Crippen LogP contribution in [0.4, 0.5) is 10.2 Å². The fourth-order valence-electron chi connectivity index (χ4n) is 2.53. The van der Waals surface area contributed by atoms with Crippen LogP contribution >= 0.6 is 0 Å². The number of aliphatic hydroxyl groups excluding tert-OH is 1. The van der Waals surface area contributed by atoms with Crippen LogP contribution in [-0.4, -0.2) is 41.1 Å². The summed E-state index contributed by atoms with van der Waals surface area (Å²) >= 11 is 0. The Morgan fingerprint density at radius 1 is 1.44 bits per heavy atom. The number of aliphatic hydroxyl groups is 1. The standard InChI is InChI=1S/C17H21FN2O5/c1-9(2)6-11(8-21)19-16-14(17(22)23)15(25-20-16)10-4-5-12(18)13(7-10)24-3/h4-5,7,9,11,21H,6,8H2,1-3H3,(H,19,20)(H,22,23)/t11-/m1/s1. The van der Waals surface area contributed by atoms with E-state index in [1.165, 1.54) is 19.2 Å². The molecule has 0 aliphatic carbocycles. The predicted molar refractivity (Wildman–Crippen MR) is 89.4 cm³/mol. The van der Waals surface area contributed by atoms with E-state index in [2.05, 4.69) is 10.5 Å². The summed E-state index contributed by atoms with van der Waals surface area (Å²) in [6.45, 7) is 3.80. The highest BCUT2D eigenvalue weighted by Crippen LogP contribution is 2.33. The molecule has 136 valence electrons. The number of aromatic nitrogens is 1. The van der Waals surface area contributed by atoms with Crippen molar-refractivity contribution in [2.75, 3.05) is 19.0 Å². The van der Waals surface area contributed by atoms with Gasteiger partial charge in [-0.15, -0.1) is 0 Å². The van der Waals surface area contributed by atoms with Crippen LogP contribution in [-0.2, 0) is 0 Å². The molecule has 0 bridgehead atoms. The fraction of sp³-hybridized carbons (Fsp3) is 0.412. The average Bonchev–Trinajstić information content (AvgIpc) is 2.98. The van der Waals surface area contributed by atoms with Gasteiger partial charge in [-0.1, -0.05) is 19.0 Å². The number of anilines is 1. The molecule has 25 heavy (non-hydrogen) atoms. The van der Waals surface area contributed by atoms with Crippen LogP contribution in [0, 0.1) is 11.7 Å². The van der Waals surface area contributed by atoms with Gasteiger partial charge in [0.25, 0.3) is 0 Å². The summed E-state index contributed by atoms with van der Waals surface area (Å²) in [5.41, 5.74) is 0.136. The van der Waals surface area contributed by atoms with E-state index >= 15 is 0 Å². The lowest BCUT2D eigenvalue weighted by Gasteiger charge is -2.17. The normalized spacial score (nSPS) is 12.2. The van der Waals surface area contributed by atoms with Crippen LogP contribution in [0.5, 0.6) is 5.75 Å². The summed E-state index contributed by atoms with van der Waals surface area (Å²) in [6.07, 6.45) is 0.627. The first-order valence-electron chi connectivity index (χ1n) is 7.81. The highest BCUT2D eigenvalue weighted by Gasteiger charge is 2.26. The summed E-state index contributed by atoms with van der Waals surface area (Å²) in [7, 11) is 1.31. The molecule has 0 radical (unpaired) electrons. The largest absolute Gasteiger partial charge is 0.494 e. The molecule has 0 aliphatic heterocycles. The van der Waals surface area contributed by atoms with Crippen molar-refractivity contribution >= 4 is 11.8 Å². The van der Waals surface area contributed by atoms with Crippen LogP contribution in [0.1, 0.15) is 30.6 Å². The molecule has 3 N–H and O–H groups in total. The number of hydrogen-bond acceptors (Lipinski definition) is 6. The third kappa shape index (κ3) is 4.27. The van der Waals surface area contributed by atoms with E-state index in [0.29, 0.717) is 17.9 Å². The molecule has 7 nitrogen and oxygen atoms in total. The molecule has 0 aliphatic rings. The lowest BCUT2D eigenvalue weighted by molar-refractivity contribution is 0.0698. The summed E-state index contributed by atoms with van der Waals surface area (Å²) in [5, 5.41) is 25.7. The van der Waals surface area contributed by atoms with Crippen LogP contribution in [0.3, 0.4) is 0 Å². The Balaban J connectivity index is 2.41. The van der Waals surface area contributed by atoms with Gasteiger partial charge in [0.1, 0.15) is 0 Å².